The average Bonchev–Trinajstić information content (AvgIpc) is 3.12. The fourth-order valence-electron chi connectivity index (χ4n) is 3.39. The Hall–Kier alpha value is -2.00. The first-order valence-corrected chi connectivity index (χ1v) is 10.8. The summed E-state index contributed by atoms with van der Waals surface area (Å²) in [6, 6.07) is 6.58. The molecule has 1 saturated carbocycles. The summed E-state index contributed by atoms with van der Waals surface area (Å²) in [5, 5.41) is 7.13. The fourth-order valence-corrected chi connectivity index (χ4v) is 4.27. The maximum Gasteiger partial charge on any atom is 0.322 e. The third-order valence-electron chi connectivity index (χ3n) is 5.04. The summed E-state index contributed by atoms with van der Waals surface area (Å²) in [6.07, 6.45) is 3.68. The minimum atomic E-state index is -3.13. The first-order valence-electron chi connectivity index (χ1n) is 9.17. The van der Waals surface area contributed by atoms with Crippen LogP contribution < -0.4 is 5.32 Å². The van der Waals surface area contributed by atoms with Crippen molar-refractivity contribution in [2.45, 2.75) is 38.6 Å². The van der Waals surface area contributed by atoms with Crippen LogP contribution >= 0.6 is 0 Å². The average molecular weight is 396 g/mol. The summed E-state index contributed by atoms with van der Waals surface area (Å²) in [5.41, 5.74) is 0.565. The van der Waals surface area contributed by atoms with Crippen molar-refractivity contribution in [3.05, 3.63) is 30.1 Å². The summed E-state index contributed by atoms with van der Waals surface area (Å²) < 4.78 is 43.8. The van der Waals surface area contributed by atoms with Crippen LogP contribution in [0.5, 0.6) is 0 Å². The SMILES string of the molecule is CCS(=O)(=O)N(C)CC1CCC(Nc2nc(-c3cccc(F)c3)no2)CC1. The molecule has 0 spiro atoms. The number of rotatable bonds is 7. The Labute approximate surface area is 159 Å². The molecular formula is C18H25FN4O3S. The lowest BCUT2D eigenvalue weighted by Crippen LogP contribution is -2.36. The molecule has 1 aromatic carbocycles. The van der Waals surface area contributed by atoms with E-state index in [-0.39, 0.29) is 17.6 Å². The molecule has 1 heterocycles. The summed E-state index contributed by atoms with van der Waals surface area (Å²) in [5.74, 6) is 0.489. The van der Waals surface area contributed by atoms with Crippen molar-refractivity contribution in [3.8, 4) is 11.4 Å². The quantitative estimate of drug-likeness (QED) is 0.774. The predicted molar refractivity (Wildman–Crippen MR) is 101 cm³/mol. The van der Waals surface area contributed by atoms with E-state index < -0.39 is 10.0 Å². The molecular weight excluding hydrogens is 371 g/mol. The van der Waals surface area contributed by atoms with Crippen molar-refractivity contribution < 1.29 is 17.3 Å². The van der Waals surface area contributed by atoms with E-state index in [2.05, 4.69) is 15.5 Å². The van der Waals surface area contributed by atoms with Gasteiger partial charge in [0.05, 0.1) is 5.75 Å². The fraction of sp³-hybridized carbons (Fsp3) is 0.556. The molecule has 1 aromatic heterocycles. The van der Waals surface area contributed by atoms with Gasteiger partial charge in [0.25, 0.3) is 0 Å². The van der Waals surface area contributed by atoms with E-state index in [0.717, 1.165) is 25.7 Å². The molecule has 0 unspecified atom stereocenters. The molecule has 148 valence electrons. The van der Waals surface area contributed by atoms with Crippen LogP contribution in [0.15, 0.2) is 28.8 Å². The summed E-state index contributed by atoms with van der Waals surface area (Å²) >= 11 is 0. The van der Waals surface area contributed by atoms with Gasteiger partial charge in [0, 0.05) is 25.2 Å². The highest BCUT2D eigenvalue weighted by Gasteiger charge is 2.26. The molecule has 27 heavy (non-hydrogen) atoms. The number of hydrogen-bond acceptors (Lipinski definition) is 6. The summed E-state index contributed by atoms with van der Waals surface area (Å²) in [4.78, 5) is 4.28. The number of aromatic nitrogens is 2. The summed E-state index contributed by atoms with van der Waals surface area (Å²) in [7, 11) is -1.48. The van der Waals surface area contributed by atoms with Crippen molar-refractivity contribution in [2.24, 2.45) is 5.92 Å². The largest absolute Gasteiger partial charge is 0.335 e. The Kier molecular flexibility index (Phi) is 6.11. The first-order chi connectivity index (χ1) is 12.9. The first kappa shape index (κ1) is 19.8. The Morgan fingerprint density at radius 1 is 1.30 bits per heavy atom. The molecule has 0 atom stereocenters. The van der Waals surface area contributed by atoms with Gasteiger partial charge in [-0.15, -0.1) is 0 Å². The topological polar surface area (TPSA) is 88.3 Å². The van der Waals surface area contributed by atoms with E-state index in [4.69, 9.17) is 4.52 Å². The molecule has 0 saturated heterocycles. The van der Waals surface area contributed by atoms with E-state index >= 15 is 0 Å². The third kappa shape index (κ3) is 5.04. The van der Waals surface area contributed by atoms with Crippen LogP contribution in [0.2, 0.25) is 0 Å². The molecule has 9 heteroatoms. The molecule has 1 N–H and O–H groups in total. The van der Waals surface area contributed by atoms with E-state index in [9.17, 15) is 12.8 Å². The highest BCUT2D eigenvalue weighted by atomic mass is 32.2. The monoisotopic (exact) mass is 396 g/mol. The van der Waals surface area contributed by atoms with Crippen molar-refractivity contribution >= 4 is 16.0 Å². The number of hydrogen-bond donors (Lipinski definition) is 1. The van der Waals surface area contributed by atoms with Crippen LogP contribution in [0, 0.1) is 11.7 Å². The third-order valence-corrected chi connectivity index (χ3v) is 6.87. The minimum absolute atomic E-state index is 0.130. The van der Waals surface area contributed by atoms with Crippen LogP contribution in [-0.2, 0) is 10.0 Å². The van der Waals surface area contributed by atoms with E-state index in [0.29, 0.717) is 29.9 Å². The van der Waals surface area contributed by atoms with Gasteiger partial charge in [0.1, 0.15) is 5.82 Å². The number of benzene rings is 1. The van der Waals surface area contributed by atoms with Crippen LogP contribution in [-0.4, -0.2) is 48.3 Å². The number of halogens is 1. The van der Waals surface area contributed by atoms with Gasteiger partial charge < -0.3 is 9.84 Å². The van der Waals surface area contributed by atoms with Gasteiger partial charge in [-0.3, -0.25) is 0 Å². The molecule has 7 nitrogen and oxygen atoms in total. The van der Waals surface area contributed by atoms with Crippen LogP contribution in [0.4, 0.5) is 10.4 Å². The van der Waals surface area contributed by atoms with Crippen LogP contribution in [0.3, 0.4) is 0 Å². The smallest absolute Gasteiger partial charge is 0.322 e. The van der Waals surface area contributed by atoms with E-state index in [1.54, 1.807) is 26.1 Å². The predicted octanol–water partition coefficient (Wildman–Crippen LogP) is 3.13. The second-order valence-electron chi connectivity index (χ2n) is 6.98. The minimum Gasteiger partial charge on any atom is -0.335 e. The van der Waals surface area contributed by atoms with Gasteiger partial charge in [-0.1, -0.05) is 17.3 Å². The molecule has 1 aliphatic carbocycles. The maximum absolute atomic E-state index is 13.3. The molecule has 3 rings (SSSR count). The second kappa shape index (κ2) is 8.35. The molecule has 0 amide bonds. The molecule has 1 fully saturated rings. The van der Waals surface area contributed by atoms with Crippen molar-refractivity contribution in [1.29, 1.82) is 0 Å². The molecule has 2 aromatic rings. The van der Waals surface area contributed by atoms with Crippen LogP contribution in [0.1, 0.15) is 32.6 Å². The normalized spacial score (nSPS) is 20.7. The van der Waals surface area contributed by atoms with Crippen molar-refractivity contribution in [2.75, 3.05) is 24.7 Å². The standard InChI is InChI=1S/C18H25FN4O3S/c1-3-27(24,25)23(2)12-13-7-9-16(10-8-13)20-18-21-17(22-26-18)14-5-4-6-15(19)11-14/h4-6,11,13,16H,3,7-10,12H2,1-2H3,(H,20,21,22). The zero-order chi connectivity index (χ0) is 19.4. The Bertz CT molecular complexity index is 863. The summed E-state index contributed by atoms with van der Waals surface area (Å²) in [6.45, 7) is 2.22. The van der Waals surface area contributed by atoms with Crippen molar-refractivity contribution in [1.82, 2.24) is 14.4 Å². The number of anilines is 1. The van der Waals surface area contributed by atoms with Gasteiger partial charge in [-0.25, -0.2) is 17.1 Å². The van der Waals surface area contributed by atoms with Gasteiger partial charge in [0.2, 0.25) is 15.8 Å². The molecule has 1 aliphatic rings. The zero-order valence-corrected chi connectivity index (χ0v) is 16.4. The second-order valence-corrected chi connectivity index (χ2v) is 9.34. The molecule has 0 radical (unpaired) electrons. The maximum atomic E-state index is 13.3. The van der Waals surface area contributed by atoms with E-state index in [1.165, 1.54) is 16.4 Å². The van der Waals surface area contributed by atoms with Gasteiger partial charge in [-0.2, -0.15) is 4.98 Å². The lowest BCUT2D eigenvalue weighted by Gasteiger charge is -2.30. The molecule has 0 bridgehead atoms. The highest BCUT2D eigenvalue weighted by molar-refractivity contribution is 7.89. The van der Waals surface area contributed by atoms with Gasteiger partial charge in [0.15, 0.2) is 0 Å². The van der Waals surface area contributed by atoms with Crippen LogP contribution in [0.25, 0.3) is 11.4 Å². The van der Waals surface area contributed by atoms with Gasteiger partial charge in [-0.05, 0) is 50.7 Å². The number of sulfonamides is 1. The van der Waals surface area contributed by atoms with Crippen molar-refractivity contribution in [3.63, 3.8) is 0 Å². The zero-order valence-electron chi connectivity index (χ0n) is 15.6. The molecule has 0 aliphatic heterocycles. The van der Waals surface area contributed by atoms with E-state index in [1.807, 2.05) is 0 Å². The highest BCUT2D eigenvalue weighted by Crippen LogP contribution is 2.28. The lowest BCUT2D eigenvalue weighted by molar-refractivity contribution is 0.285. The number of nitrogens with zero attached hydrogens (tertiary/aromatic N) is 3. The Morgan fingerprint density at radius 3 is 2.70 bits per heavy atom. The number of nitrogens with one attached hydrogen (secondary N) is 1. The Morgan fingerprint density at radius 2 is 2.04 bits per heavy atom. The van der Waals surface area contributed by atoms with Gasteiger partial charge >= 0.3 is 6.01 Å². The lowest BCUT2D eigenvalue weighted by atomic mass is 9.86. The Balaban J connectivity index is 1.51.